The van der Waals surface area contributed by atoms with Gasteiger partial charge in [0.15, 0.2) is 0 Å². The maximum atomic E-state index is 12.4. The second-order valence-corrected chi connectivity index (χ2v) is 6.73. The molecule has 0 aliphatic rings. The van der Waals surface area contributed by atoms with Crippen molar-refractivity contribution < 1.29 is 18.3 Å². The summed E-state index contributed by atoms with van der Waals surface area (Å²) < 4.78 is 27.0. The molecule has 0 aliphatic carbocycles. The number of hydrogen-bond acceptors (Lipinski definition) is 4. The number of carboxylic acids is 1. The van der Waals surface area contributed by atoms with Crippen molar-refractivity contribution in [1.29, 1.82) is 0 Å². The summed E-state index contributed by atoms with van der Waals surface area (Å²) in [5, 5.41) is 9.44. The summed E-state index contributed by atoms with van der Waals surface area (Å²) in [4.78, 5) is 15.0. The SMILES string of the molecule is Cc1cc(S(=O)(=O)Nc2cccc(C)c2C(=O)O)cnc1Cl. The molecule has 8 heteroatoms. The highest BCUT2D eigenvalue weighted by atomic mass is 35.5. The van der Waals surface area contributed by atoms with Gasteiger partial charge < -0.3 is 5.11 Å². The van der Waals surface area contributed by atoms with Gasteiger partial charge in [0.1, 0.15) is 10.0 Å². The molecule has 0 aliphatic heterocycles. The number of sulfonamides is 1. The Bertz CT molecular complexity index is 850. The topological polar surface area (TPSA) is 96.4 Å². The van der Waals surface area contributed by atoms with E-state index in [0.717, 1.165) is 6.20 Å². The van der Waals surface area contributed by atoms with Crippen molar-refractivity contribution in [2.75, 3.05) is 4.72 Å². The number of aromatic carboxylic acids is 1. The molecule has 116 valence electrons. The van der Waals surface area contributed by atoms with E-state index in [1.54, 1.807) is 26.0 Å². The summed E-state index contributed by atoms with van der Waals surface area (Å²) in [5.41, 5.74) is 0.871. The summed E-state index contributed by atoms with van der Waals surface area (Å²) in [6.07, 6.45) is 1.12. The van der Waals surface area contributed by atoms with E-state index in [-0.39, 0.29) is 21.3 Å². The number of nitrogens with zero attached hydrogens (tertiary/aromatic N) is 1. The van der Waals surface area contributed by atoms with Gasteiger partial charge >= 0.3 is 5.97 Å². The first-order chi connectivity index (χ1) is 10.2. The Labute approximate surface area is 132 Å². The lowest BCUT2D eigenvalue weighted by Crippen LogP contribution is -2.16. The zero-order valence-corrected chi connectivity index (χ0v) is 13.4. The van der Waals surface area contributed by atoms with Crippen molar-refractivity contribution in [3.05, 3.63) is 52.3 Å². The molecular weight excluding hydrogens is 328 g/mol. The first kappa shape index (κ1) is 16.3. The predicted molar refractivity (Wildman–Crippen MR) is 82.9 cm³/mol. The normalized spacial score (nSPS) is 11.2. The third kappa shape index (κ3) is 3.20. The molecule has 6 nitrogen and oxygen atoms in total. The average Bonchev–Trinajstić information content (AvgIpc) is 2.40. The molecule has 0 atom stereocenters. The maximum absolute atomic E-state index is 12.4. The summed E-state index contributed by atoms with van der Waals surface area (Å²) >= 11 is 5.77. The fraction of sp³-hybridized carbons (Fsp3) is 0.143. The van der Waals surface area contributed by atoms with Crippen LogP contribution in [0.2, 0.25) is 5.15 Å². The molecule has 0 saturated carbocycles. The summed E-state index contributed by atoms with van der Waals surface area (Å²) in [5.74, 6) is -1.21. The standard InChI is InChI=1S/C14H13ClN2O4S/c1-8-4-3-5-11(12(8)14(18)19)17-22(20,21)10-6-9(2)13(15)16-7-10/h3-7,17H,1-2H3,(H,18,19). The third-order valence-electron chi connectivity index (χ3n) is 3.03. The third-order valence-corrected chi connectivity index (χ3v) is 4.76. The highest BCUT2D eigenvalue weighted by molar-refractivity contribution is 7.92. The summed E-state index contributed by atoms with van der Waals surface area (Å²) in [6.45, 7) is 3.22. The number of pyridine rings is 1. The number of benzene rings is 1. The van der Waals surface area contributed by atoms with Crippen molar-refractivity contribution in [3.8, 4) is 0 Å². The molecule has 0 saturated heterocycles. The first-order valence-electron chi connectivity index (χ1n) is 6.20. The Morgan fingerprint density at radius 3 is 2.55 bits per heavy atom. The van der Waals surface area contributed by atoms with Gasteiger partial charge in [-0.05, 0) is 37.1 Å². The van der Waals surface area contributed by atoms with Crippen LogP contribution in [0.3, 0.4) is 0 Å². The van der Waals surface area contributed by atoms with E-state index in [1.807, 2.05) is 0 Å². The van der Waals surface area contributed by atoms with Crippen LogP contribution in [0.25, 0.3) is 0 Å². The number of carbonyl (C=O) groups is 1. The quantitative estimate of drug-likeness (QED) is 0.834. The molecule has 0 fully saturated rings. The smallest absolute Gasteiger partial charge is 0.338 e. The molecule has 2 aromatic rings. The number of hydrogen-bond donors (Lipinski definition) is 2. The molecule has 1 heterocycles. The Morgan fingerprint density at radius 2 is 1.95 bits per heavy atom. The molecule has 2 N–H and O–H groups in total. The molecule has 22 heavy (non-hydrogen) atoms. The Hall–Kier alpha value is -2.12. The van der Waals surface area contributed by atoms with Crippen LogP contribution in [0.15, 0.2) is 35.4 Å². The van der Waals surface area contributed by atoms with Crippen molar-refractivity contribution in [2.45, 2.75) is 18.7 Å². The zero-order chi connectivity index (χ0) is 16.5. The number of aryl methyl sites for hydroxylation is 2. The van der Waals surface area contributed by atoms with E-state index in [4.69, 9.17) is 11.6 Å². The lowest BCUT2D eigenvalue weighted by atomic mass is 10.1. The van der Waals surface area contributed by atoms with Gasteiger partial charge in [0.25, 0.3) is 10.0 Å². The van der Waals surface area contributed by atoms with Crippen LogP contribution in [-0.2, 0) is 10.0 Å². The lowest BCUT2D eigenvalue weighted by Gasteiger charge is -2.12. The largest absolute Gasteiger partial charge is 0.478 e. The monoisotopic (exact) mass is 340 g/mol. The summed E-state index contributed by atoms with van der Waals surface area (Å²) in [7, 11) is -3.96. The molecule has 0 spiro atoms. The maximum Gasteiger partial charge on any atom is 0.338 e. The minimum Gasteiger partial charge on any atom is -0.478 e. The van der Waals surface area contributed by atoms with Crippen LogP contribution in [0.5, 0.6) is 0 Å². The van der Waals surface area contributed by atoms with Crippen molar-refractivity contribution in [2.24, 2.45) is 0 Å². The Kier molecular flexibility index (Phi) is 4.39. The Morgan fingerprint density at radius 1 is 1.27 bits per heavy atom. The van der Waals surface area contributed by atoms with Gasteiger partial charge in [0.05, 0.1) is 11.3 Å². The van der Waals surface area contributed by atoms with Crippen molar-refractivity contribution in [3.63, 3.8) is 0 Å². The highest BCUT2D eigenvalue weighted by Crippen LogP contribution is 2.24. The van der Waals surface area contributed by atoms with Gasteiger partial charge in [-0.15, -0.1) is 0 Å². The van der Waals surface area contributed by atoms with Crippen LogP contribution in [0.4, 0.5) is 5.69 Å². The lowest BCUT2D eigenvalue weighted by molar-refractivity contribution is 0.0697. The van der Waals surface area contributed by atoms with Gasteiger partial charge in [0.2, 0.25) is 0 Å². The molecule has 0 radical (unpaired) electrons. The molecule has 0 amide bonds. The molecule has 0 bridgehead atoms. The van der Waals surface area contributed by atoms with E-state index in [1.165, 1.54) is 12.1 Å². The van der Waals surface area contributed by atoms with Gasteiger partial charge in [-0.1, -0.05) is 23.7 Å². The van der Waals surface area contributed by atoms with Gasteiger partial charge in [0, 0.05) is 6.20 Å². The average molecular weight is 341 g/mol. The molecule has 1 aromatic heterocycles. The van der Waals surface area contributed by atoms with E-state index in [2.05, 4.69) is 9.71 Å². The minimum absolute atomic E-state index is 0.0000954. The molecule has 0 unspecified atom stereocenters. The second kappa shape index (κ2) is 5.94. The van der Waals surface area contributed by atoms with E-state index in [9.17, 15) is 18.3 Å². The molecule has 1 aromatic carbocycles. The number of nitrogens with one attached hydrogen (secondary N) is 1. The van der Waals surface area contributed by atoms with Gasteiger partial charge in [-0.2, -0.15) is 0 Å². The van der Waals surface area contributed by atoms with Crippen molar-refractivity contribution in [1.82, 2.24) is 4.98 Å². The predicted octanol–water partition coefficient (Wildman–Crippen LogP) is 2.85. The van der Waals surface area contributed by atoms with Gasteiger partial charge in [-0.25, -0.2) is 18.2 Å². The second-order valence-electron chi connectivity index (χ2n) is 4.69. The van der Waals surface area contributed by atoms with Gasteiger partial charge in [-0.3, -0.25) is 4.72 Å². The summed E-state index contributed by atoms with van der Waals surface area (Å²) in [6, 6.07) is 5.93. The number of aromatic nitrogens is 1. The first-order valence-corrected chi connectivity index (χ1v) is 8.06. The van der Waals surface area contributed by atoms with E-state index >= 15 is 0 Å². The number of rotatable bonds is 4. The van der Waals surface area contributed by atoms with Crippen LogP contribution in [0, 0.1) is 13.8 Å². The molecule has 2 rings (SSSR count). The van der Waals surface area contributed by atoms with Crippen LogP contribution in [0.1, 0.15) is 21.5 Å². The van der Waals surface area contributed by atoms with Crippen LogP contribution >= 0.6 is 11.6 Å². The number of carboxylic acid groups (broad SMARTS) is 1. The number of anilines is 1. The fourth-order valence-electron chi connectivity index (χ4n) is 1.92. The van der Waals surface area contributed by atoms with E-state index in [0.29, 0.717) is 11.1 Å². The fourth-order valence-corrected chi connectivity index (χ4v) is 3.12. The van der Waals surface area contributed by atoms with Crippen LogP contribution < -0.4 is 4.72 Å². The highest BCUT2D eigenvalue weighted by Gasteiger charge is 2.20. The zero-order valence-electron chi connectivity index (χ0n) is 11.8. The molecular formula is C14H13ClN2O4S. The number of halogens is 1. The van der Waals surface area contributed by atoms with Crippen LogP contribution in [-0.4, -0.2) is 24.5 Å². The minimum atomic E-state index is -3.96. The van der Waals surface area contributed by atoms with E-state index < -0.39 is 16.0 Å². The Balaban J connectivity index is 2.48. The van der Waals surface area contributed by atoms with Crippen molar-refractivity contribution >= 4 is 33.3 Å².